The van der Waals surface area contributed by atoms with Gasteiger partial charge in [0.05, 0.1) is 24.7 Å². The van der Waals surface area contributed by atoms with E-state index in [0.717, 1.165) is 6.42 Å². The van der Waals surface area contributed by atoms with Gasteiger partial charge < -0.3 is 14.4 Å². The number of amides is 1. The largest absolute Gasteiger partial charge is 0.472 e. The molecule has 1 unspecified atom stereocenters. The number of likely N-dealkylation sites (tertiary alicyclic amines) is 1. The van der Waals surface area contributed by atoms with E-state index >= 15 is 0 Å². The van der Waals surface area contributed by atoms with Crippen LogP contribution in [0.25, 0.3) is 0 Å². The number of carbonyl (C=O) groups excluding carboxylic acids is 1. The minimum atomic E-state index is -4.18. The molecule has 2 aliphatic heterocycles. The van der Waals surface area contributed by atoms with Gasteiger partial charge in [-0.3, -0.25) is 4.79 Å². The molecule has 132 valence electrons. The lowest BCUT2D eigenvalue weighted by atomic mass is 9.96. The predicted molar refractivity (Wildman–Crippen MR) is 78.8 cm³/mol. The second-order valence-electron chi connectivity index (χ2n) is 6.10. The van der Waals surface area contributed by atoms with Gasteiger partial charge >= 0.3 is 6.18 Å². The maximum absolute atomic E-state index is 12.7. The summed E-state index contributed by atoms with van der Waals surface area (Å²) in [5, 5.41) is 0. The van der Waals surface area contributed by atoms with Crippen molar-refractivity contribution in [3.05, 3.63) is 23.9 Å². The van der Waals surface area contributed by atoms with E-state index in [0.29, 0.717) is 24.7 Å². The van der Waals surface area contributed by atoms with Crippen molar-refractivity contribution >= 4 is 5.91 Å². The summed E-state index contributed by atoms with van der Waals surface area (Å²) in [4.78, 5) is 17.9. The van der Waals surface area contributed by atoms with E-state index in [1.807, 2.05) is 0 Å². The predicted octanol–water partition coefficient (Wildman–Crippen LogP) is 2.66. The third kappa shape index (κ3) is 3.98. The van der Waals surface area contributed by atoms with Crippen LogP contribution in [0.15, 0.2) is 18.3 Å². The van der Waals surface area contributed by atoms with Gasteiger partial charge in [0.1, 0.15) is 6.10 Å². The number of hydrogen-bond donors (Lipinski definition) is 0. The molecule has 0 bridgehead atoms. The molecule has 5 nitrogen and oxygen atoms in total. The van der Waals surface area contributed by atoms with Gasteiger partial charge in [0.2, 0.25) is 5.88 Å². The summed E-state index contributed by atoms with van der Waals surface area (Å²) in [6.45, 7) is 1.41. The number of pyridine rings is 1. The highest BCUT2D eigenvalue weighted by molar-refractivity contribution is 5.94. The number of piperidine rings is 1. The monoisotopic (exact) mass is 344 g/mol. The van der Waals surface area contributed by atoms with E-state index in [1.54, 1.807) is 12.1 Å². The van der Waals surface area contributed by atoms with Gasteiger partial charge in [-0.05, 0) is 18.9 Å². The molecule has 1 amide bonds. The number of aromatic nitrogens is 1. The van der Waals surface area contributed by atoms with Gasteiger partial charge in [-0.25, -0.2) is 4.98 Å². The van der Waals surface area contributed by atoms with Gasteiger partial charge in [0.25, 0.3) is 5.91 Å². The number of ether oxygens (including phenoxy) is 2. The van der Waals surface area contributed by atoms with E-state index < -0.39 is 12.1 Å². The molecule has 0 spiro atoms. The highest BCUT2D eigenvalue weighted by atomic mass is 19.4. The van der Waals surface area contributed by atoms with Gasteiger partial charge in [-0.1, -0.05) is 0 Å². The smallest absolute Gasteiger partial charge is 0.391 e. The standard InChI is InChI=1S/C16H19F3N2O3/c17-16(18,19)12-3-6-21(7-4-12)15(22)11-1-2-14(20-9-11)24-13-5-8-23-10-13/h1-2,9,12-13H,3-8,10H2. The summed E-state index contributed by atoms with van der Waals surface area (Å²) in [5.41, 5.74) is 0.357. The van der Waals surface area contributed by atoms with Crippen LogP contribution in [-0.4, -0.2) is 54.4 Å². The van der Waals surface area contributed by atoms with E-state index in [2.05, 4.69) is 4.98 Å². The molecule has 8 heteroatoms. The molecular weight excluding hydrogens is 325 g/mol. The zero-order valence-electron chi connectivity index (χ0n) is 13.1. The molecule has 1 aromatic heterocycles. The first kappa shape index (κ1) is 17.0. The average molecular weight is 344 g/mol. The van der Waals surface area contributed by atoms with Crippen molar-refractivity contribution in [3.8, 4) is 5.88 Å². The normalized spacial score (nSPS) is 22.6. The van der Waals surface area contributed by atoms with Crippen LogP contribution in [0.1, 0.15) is 29.6 Å². The summed E-state index contributed by atoms with van der Waals surface area (Å²) in [7, 11) is 0. The van der Waals surface area contributed by atoms with Crippen molar-refractivity contribution in [1.29, 1.82) is 0 Å². The van der Waals surface area contributed by atoms with Gasteiger partial charge in [0.15, 0.2) is 0 Å². The third-order valence-corrected chi connectivity index (χ3v) is 4.40. The fourth-order valence-corrected chi connectivity index (χ4v) is 2.95. The number of hydrogen-bond acceptors (Lipinski definition) is 4. The van der Waals surface area contributed by atoms with Crippen LogP contribution in [0.5, 0.6) is 5.88 Å². The molecule has 2 fully saturated rings. The minimum Gasteiger partial charge on any atom is -0.472 e. The molecule has 24 heavy (non-hydrogen) atoms. The van der Waals surface area contributed by atoms with Crippen molar-refractivity contribution in [2.24, 2.45) is 5.92 Å². The van der Waals surface area contributed by atoms with Crippen molar-refractivity contribution in [2.75, 3.05) is 26.3 Å². The maximum Gasteiger partial charge on any atom is 0.391 e. The molecule has 1 atom stereocenters. The lowest BCUT2D eigenvalue weighted by Crippen LogP contribution is -2.42. The number of rotatable bonds is 3. The average Bonchev–Trinajstić information content (AvgIpc) is 3.07. The Bertz CT molecular complexity index is 563. The van der Waals surface area contributed by atoms with E-state index in [4.69, 9.17) is 9.47 Å². The summed E-state index contributed by atoms with van der Waals surface area (Å²) in [5.74, 6) is -1.19. The first-order chi connectivity index (χ1) is 11.4. The van der Waals surface area contributed by atoms with Gasteiger partial charge in [-0.2, -0.15) is 13.2 Å². The van der Waals surface area contributed by atoms with Crippen molar-refractivity contribution in [1.82, 2.24) is 9.88 Å². The first-order valence-electron chi connectivity index (χ1n) is 8.00. The number of alkyl halides is 3. The fraction of sp³-hybridized carbons (Fsp3) is 0.625. The molecule has 0 radical (unpaired) electrons. The summed E-state index contributed by atoms with van der Waals surface area (Å²) in [6, 6.07) is 3.20. The van der Waals surface area contributed by atoms with E-state index in [9.17, 15) is 18.0 Å². The first-order valence-corrected chi connectivity index (χ1v) is 8.00. The Balaban J connectivity index is 1.55. The van der Waals surface area contributed by atoms with E-state index in [-0.39, 0.29) is 37.9 Å². The number of halogens is 3. The summed E-state index contributed by atoms with van der Waals surface area (Å²) in [6.07, 6.45) is -2.10. The molecule has 0 aromatic carbocycles. The van der Waals surface area contributed by atoms with E-state index in [1.165, 1.54) is 11.1 Å². The third-order valence-electron chi connectivity index (χ3n) is 4.40. The van der Waals surface area contributed by atoms with Crippen LogP contribution in [0.3, 0.4) is 0 Å². The van der Waals surface area contributed by atoms with Gasteiger partial charge in [-0.15, -0.1) is 0 Å². The summed E-state index contributed by atoms with van der Waals surface area (Å²) < 4.78 is 48.8. The maximum atomic E-state index is 12.7. The van der Waals surface area contributed by atoms with Crippen molar-refractivity contribution in [3.63, 3.8) is 0 Å². The number of nitrogens with zero attached hydrogens (tertiary/aromatic N) is 2. The highest BCUT2D eigenvalue weighted by Gasteiger charge is 2.41. The Labute approximate surface area is 137 Å². The van der Waals surface area contributed by atoms with Crippen LogP contribution in [0, 0.1) is 5.92 Å². The molecule has 0 aliphatic carbocycles. The Morgan fingerprint density at radius 2 is 2.00 bits per heavy atom. The Morgan fingerprint density at radius 3 is 2.54 bits per heavy atom. The molecular formula is C16H19F3N2O3. The second-order valence-corrected chi connectivity index (χ2v) is 6.10. The molecule has 2 aliphatic rings. The summed E-state index contributed by atoms with van der Waals surface area (Å²) >= 11 is 0. The second kappa shape index (κ2) is 6.96. The van der Waals surface area contributed by atoms with Crippen LogP contribution >= 0.6 is 0 Å². The Kier molecular flexibility index (Phi) is 4.93. The van der Waals surface area contributed by atoms with Crippen LogP contribution in [0.4, 0.5) is 13.2 Å². The molecule has 3 rings (SSSR count). The zero-order chi connectivity index (χ0) is 17.2. The quantitative estimate of drug-likeness (QED) is 0.846. The zero-order valence-corrected chi connectivity index (χ0v) is 13.1. The topological polar surface area (TPSA) is 51.7 Å². The van der Waals surface area contributed by atoms with Gasteiger partial charge in [0, 0.05) is 31.8 Å². The lowest BCUT2D eigenvalue weighted by molar-refractivity contribution is -0.183. The lowest BCUT2D eigenvalue weighted by Gasteiger charge is -2.32. The van der Waals surface area contributed by atoms with Crippen molar-refractivity contribution < 1.29 is 27.4 Å². The fourth-order valence-electron chi connectivity index (χ4n) is 2.95. The highest BCUT2D eigenvalue weighted by Crippen LogP contribution is 2.34. The SMILES string of the molecule is O=C(c1ccc(OC2CCOC2)nc1)N1CCC(C(F)(F)F)CC1. The van der Waals surface area contributed by atoms with Crippen LogP contribution in [0.2, 0.25) is 0 Å². The Hall–Kier alpha value is -1.83. The molecule has 0 saturated carbocycles. The Morgan fingerprint density at radius 1 is 1.25 bits per heavy atom. The molecule has 0 N–H and O–H groups in total. The van der Waals surface area contributed by atoms with Crippen LogP contribution in [-0.2, 0) is 4.74 Å². The number of carbonyl (C=O) groups is 1. The van der Waals surface area contributed by atoms with Crippen LogP contribution < -0.4 is 4.74 Å². The molecule has 3 heterocycles. The minimum absolute atomic E-state index is 0.0274. The van der Waals surface area contributed by atoms with Crippen molar-refractivity contribution in [2.45, 2.75) is 31.5 Å². The molecule has 2 saturated heterocycles. The molecule has 1 aromatic rings.